The smallest absolute Gasteiger partial charge is 0.251 e. The van der Waals surface area contributed by atoms with E-state index < -0.39 is 10.0 Å². The summed E-state index contributed by atoms with van der Waals surface area (Å²) in [6, 6.07) is 13.8. The van der Waals surface area contributed by atoms with Gasteiger partial charge in [0.05, 0.1) is 4.90 Å². The van der Waals surface area contributed by atoms with E-state index in [0.29, 0.717) is 18.7 Å². The van der Waals surface area contributed by atoms with Crippen molar-refractivity contribution in [2.24, 2.45) is 0 Å². The molecule has 0 aliphatic rings. The van der Waals surface area contributed by atoms with E-state index >= 15 is 0 Å². The van der Waals surface area contributed by atoms with Crippen molar-refractivity contribution in [2.75, 3.05) is 6.54 Å². The quantitative estimate of drug-likeness (QED) is 0.852. The van der Waals surface area contributed by atoms with Crippen molar-refractivity contribution in [3.63, 3.8) is 0 Å². The monoisotopic (exact) mass is 332 g/mol. The van der Waals surface area contributed by atoms with Gasteiger partial charge in [0.1, 0.15) is 0 Å². The Balaban J connectivity index is 2.13. The predicted octanol–water partition coefficient (Wildman–Crippen LogP) is 2.22. The highest BCUT2D eigenvalue weighted by Crippen LogP contribution is 2.12. The van der Waals surface area contributed by atoms with Crippen LogP contribution in [-0.2, 0) is 16.6 Å². The number of hydrogen-bond acceptors (Lipinski definition) is 3. The largest absolute Gasteiger partial charge is 0.348 e. The van der Waals surface area contributed by atoms with Crippen LogP contribution in [0.3, 0.4) is 0 Å². The van der Waals surface area contributed by atoms with Gasteiger partial charge in [-0.15, -0.1) is 0 Å². The van der Waals surface area contributed by atoms with Crippen molar-refractivity contribution in [2.45, 2.75) is 25.3 Å². The minimum atomic E-state index is -3.57. The van der Waals surface area contributed by atoms with Gasteiger partial charge in [-0.1, -0.05) is 37.3 Å². The molecule has 0 aliphatic heterocycles. The summed E-state index contributed by atoms with van der Waals surface area (Å²) < 4.78 is 26.4. The molecule has 2 N–H and O–H groups in total. The molecule has 0 fully saturated rings. The third-order valence-electron chi connectivity index (χ3n) is 3.44. The van der Waals surface area contributed by atoms with Gasteiger partial charge in [0, 0.05) is 18.7 Å². The number of carbonyl (C=O) groups excluding carboxylic acids is 1. The zero-order valence-electron chi connectivity index (χ0n) is 13.2. The van der Waals surface area contributed by atoms with E-state index in [0.717, 1.165) is 11.1 Å². The number of sulfonamides is 1. The van der Waals surface area contributed by atoms with Crippen molar-refractivity contribution in [1.82, 2.24) is 10.0 Å². The van der Waals surface area contributed by atoms with Gasteiger partial charge in [0.2, 0.25) is 10.0 Å². The van der Waals surface area contributed by atoms with E-state index in [1.807, 2.05) is 31.2 Å². The molecule has 1 amide bonds. The number of rotatable bonds is 6. The Morgan fingerprint density at radius 1 is 1.09 bits per heavy atom. The Kier molecular flexibility index (Phi) is 5.52. The number of hydrogen-bond donors (Lipinski definition) is 2. The summed E-state index contributed by atoms with van der Waals surface area (Å²) in [7, 11) is -3.57. The third-order valence-corrected chi connectivity index (χ3v) is 4.98. The zero-order valence-corrected chi connectivity index (χ0v) is 14.0. The summed E-state index contributed by atoms with van der Waals surface area (Å²) in [4.78, 5) is 12.3. The lowest BCUT2D eigenvalue weighted by Gasteiger charge is -2.09. The van der Waals surface area contributed by atoms with Gasteiger partial charge in [0.15, 0.2) is 0 Å². The maximum absolute atomic E-state index is 12.2. The Morgan fingerprint density at radius 3 is 2.52 bits per heavy atom. The first-order valence-corrected chi connectivity index (χ1v) is 8.85. The molecule has 0 aromatic heterocycles. The Morgan fingerprint density at radius 2 is 1.83 bits per heavy atom. The topological polar surface area (TPSA) is 75.3 Å². The van der Waals surface area contributed by atoms with Crippen molar-refractivity contribution >= 4 is 15.9 Å². The number of aryl methyl sites for hydroxylation is 1. The average molecular weight is 332 g/mol. The van der Waals surface area contributed by atoms with Crippen LogP contribution in [0.5, 0.6) is 0 Å². The summed E-state index contributed by atoms with van der Waals surface area (Å²) in [6.07, 6.45) is 0. The molecule has 0 aliphatic carbocycles. The van der Waals surface area contributed by atoms with E-state index in [1.54, 1.807) is 19.1 Å². The van der Waals surface area contributed by atoms with Gasteiger partial charge in [0.25, 0.3) is 5.91 Å². The molecule has 0 saturated carbocycles. The molecule has 122 valence electrons. The minimum absolute atomic E-state index is 0.0860. The molecule has 2 rings (SSSR count). The zero-order chi connectivity index (χ0) is 16.9. The van der Waals surface area contributed by atoms with E-state index in [-0.39, 0.29) is 10.8 Å². The van der Waals surface area contributed by atoms with E-state index in [9.17, 15) is 13.2 Å². The van der Waals surface area contributed by atoms with Crippen LogP contribution in [0.1, 0.15) is 28.4 Å². The second-order valence-corrected chi connectivity index (χ2v) is 6.91. The highest BCUT2D eigenvalue weighted by Gasteiger charge is 2.15. The van der Waals surface area contributed by atoms with Gasteiger partial charge in [-0.3, -0.25) is 4.79 Å². The molecule has 0 bridgehead atoms. The van der Waals surface area contributed by atoms with Crippen molar-refractivity contribution in [3.05, 3.63) is 65.2 Å². The molecule has 0 unspecified atom stereocenters. The van der Waals surface area contributed by atoms with Crippen LogP contribution >= 0.6 is 0 Å². The molecular weight excluding hydrogens is 312 g/mol. The van der Waals surface area contributed by atoms with Crippen LogP contribution < -0.4 is 10.0 Å². The van der Waals surface area contributed by atoms with Gasteiger partial charge in [-0.25, -0.2) is 13.1 Å². The number of benzene rings is 2. The number of amides is 1. The van der Waals surface area contributed by atoms with Crippen LogP contribution in [0.4, 0.5) is 0 Å². The first-order valence-electron chi connectivity index (χ1n) is 7.36. The molecule has 0 atom stereocenters. The molecule has 0 radical (unpaired) electrons. The van der Waals surface area contributed by atoms with Crippen LogP contribution in [0.2, 0.25) is 0 Å². The number of carbonyl (C=O) groups is 1. The Bertz CT molecular complexity index is 801. The molecule has 23 heavy (non-hydrogen) atoms. The van der Waals surface area contributed by atoms with E-state index in [2.05, 4.69) is 10.0 Å². The summed E-state index contributed by atoms with van der Waals surface area (Å²) in [5, 5.41) is 2.81. The maximum atomic E-state index is 12.2. The molecule has 5 nitrogen and oxygen atoms in total. The molecule has 2 aromatic carbocycles. The SMILES string of the molecule is CCNS(=O)(=O)c1cccc(C(=O)NCc2ccccc2C)c1. The second kappa shape index (κ2) is 7.39. The highest BCUT2D eigenvalue weighted by molar-refractivity contribution is 7.89. The van der Waals surface area contributed by atoms with Gasteiger partial charge in [-0.05, 0) is 36.2 Å². The van der Waals surface area contributed by atoms with Crippen LogP contribution in [-0.4, -0.2) is 20.9 Å². The maximum Gasteiger partial charge on any atom is 0.251 e. The fourth-order valence-corrected chi connectivity index (χ4v) is 3.25. The fraction of sp³-hybridized carbons (Fsp3) is 0.235. The summed E-state index contributed by atoms with van der Waals surface area (Å²) in [5.74, 6) is -0.304. The standard InChI is InChI=1S/C17H20N2O3S/c1-3-19-23(21,22)16-10-6-9-14(11-16)17(20)18-12-15-8-5-4-7-13(15)2/h4-11,19H,3,12H2,1-2H3,(H,18,20). The van der Waals surface area contributed by atoms with Gasteiger partial charge < -0.3 is 5.32 Å². The minimum Gasteiger partial charge on any atom is -0.348 e. The average Bonchev–Trinajstić information content (AvgIpc) is 2.54. The third kappa shape index (κ3) is 4.40. The summed E-state index contributed by atoms with van der Waals surface area (Å²) >= 11 is 0. The first kappa shape index (κ1) is 17.2. The van der Waals surface area contributed by atoms with Crippen molar-refractivity contribution in [3.8, 4) is 0 Å². The summed E-state index contributed by atoms with van der Waals surface area (Å²) in [5.41, 5.74) is 2.44. The Hall–Kier alpha value is -2.18. The summed E-state index contributed by atoms with van der Waals surface area (Å²) in [6.45, 7) is 4.38. The normalized spacial score (nSPS) is 11.2. The van der Waals surface area contributed by atoms with Crippen LogP contribution in [0, 0.1) is 6.92 Å². The molecule has 0 heterocycles. The lowest BCUT2D eigenvalue weighted by Crippen LogP contribution is -2.25. The van der Waals surface area contributed by atoms with Crippen molar-refractivity contribution in [1.29, 1.82) is 0 Å². The fourth-order valence-electron chi connectivity index (χ4n) is 2.16. The molecule has 0 spiro atoms. The van der Waals surface area contributed by atoms with Crippen molar-refractivity contribution < 1.29 is 13.2 Å². The Labute approximate surface area is 136 Å². The van der Waals surface area contributed by atoms with E-state index in [1.165, 1.54) is 12.1 Å². The predicted molar refractivity (Wildman–Crippen MR) is 89.7 cm³/mol. The van der Waals surface area contributed by atoms with Crippen LogP contribution in [0.25, 0.3) is 0 Å². The van der Waals surface area contributed by atoms with Gasteiger partial charge in [-0.2, -0.15) is 0 Å². The second-order valence-electron chi connectivity index (χ2n) is 5.14. The lowest BCUT2D eigenvalue weighted by atomic mass is 10.1. The van der Waals surface area contributed by atoms with Gasteiger partial charge >= 0.3 is 0 Å². The number of nitrogens with one attached hydrogen (secondary N) is 2. The highest BCUT2D eigenvalue weighted by atomic mass is 32.2. The molecule has 6 heteroatoms. The lowest BCUT2D eigenvalue weighted by molar-refractivity contribution is 0.0950. The molecule has 2 aromatic rings. The van der Waals surface area contributed by atoms with Crippen LogP contribution in [0.15, 0.2) is 53.4 Å². The van der Waals surface area contributed by atoms with E-state index in [4.69, 9.17) is 0 Å². The molecular formula is C17H20N2O3S. The first-order chi connectivity index (χ1) is 10.9. The molecule has 0 saturated heterocycles.